The number of ether oxygens (including phenoxy) is 1. The molecule has 1 N–H and O–H groups in total. The van der Waals surface area contributed by atoms with E-state index in [1.807, 2.05) is 0 Å². The van der Waals surface area contributed by atoms with E-state index in [1.54, 1.807) is 0 Å². The number of nitrogens with zero attached hydrogens (tertiary/aromatic N) is 3. The van der Waals surface area contributed by atoms with Crippen molar-refractivity contribution in [3.63, 3.8) is 0 Å². The van der Waals surface area contributed by atoms with Crippen LogP contribution in [0.25, 0.3) is 0 Å². The molecule has 31 heavy (non-hydrogen) atoms. The molecule has 162 valence electrons. The Morgan fingerprint density at radius 3 is 2.52 bits per heavy atom. The van der Waals surface area contributed by atoms with Gasteiger partial charge in [0, 0.05) is 23.2 Å². The number of aryl methyl sites for hydroxylation is 1. The predicted molar refractivity (Wildman–Crippen MR) is 112 cm³/mol. The SMILES string of the molecule is COc1cc(NC(=O)CCn2ccc([N+](=O)[O-])n2)cc(S(=O)(=O)c2ccc(Cl)cc2)c1. The number of methoxy groups -OCH3 is 1. The summed E-state index contributed by atoms with van der Waals surface area (Å²) < 4.78 is 32.3. The largest absolute Gasteiger partial charge is 0.497 e. The van der Waals surface area contributed by atoms with Crippen molar-refractivity contribution < 1.29 is 22.9 Å². The van der Waals surface area contributed by atoms with E-state index in [1.165, 1.54) is 66.5 Å². The molecule has 0 aliphatic heterocycles. The maximum absolute atomic E-state index is 12.9. The van der Waals surface area contributed by atoms with Crippen LogP contribution in [0.1, 0.15) is 6.42 Å². The molecule has 2 aromatic carbocycles. The average Bonchev–Trinajstić information content (AvgIpc) is 3.22. The molecule has 3 rings (SSSR count). The highest BCUT2D eigenvalue weighted by atomic mass is 35.5. The van der Waals surface area contributed by atoms with E-state index in [-0.39, 0.29) is 40.0 Å². The van der Waals surface area contributed by atoms with E-state index in [9.17, 15) is 23.3 Å². The summed E-state index contributed by atoms with van der Waals surface area (Å²) >= 11 is 5.83. The lowest BCUT2D eigenvalue weighted by atomic mass is 10.3. The molecule has 0 saturated carbocycles. The molecule has 3 aromatic rings. The number of carbonyl (C=O) groups is 1. The maximum atomic E-state index is 12.9. The van der Waals surface area contributed by atoms with Crippen LogP contribution in [-0.4, -0.2) is 36.1 Å². The quantitative estimate of drug-likeness (QED) is 0.399. The molecule has 0 aliphatic carbocycles. The minimum atomic E-state index is -3.88. The van der Waals surface area contributed by atoms with Gasteiger partial charge in [0.25, 0.3) is 0 Å². The molecule has 0 saturated heterocycles. The zero-order chi connectivity index (χ0) is 22.6. The number of hydrogen-bond acceptors (Lipinski definition) is 7. The molecule has 1 heterocycles. The number of anilines is 1. The topological polar surface area (TPSA) is 133 Å². The van der Waals surface area contributed by atoms with Gasteiger partial charge in [-0.25, -0.2) is 8.42 Å². The van der Waals surface area contributed by atoms with Crippen molar-refractivity contribution in [3.8, 4) is 5.75 Å². The molecule has 0 unspecified atom stereocenters. The summed E-state index contributed by atoms with van der Waals surface area (Å²) in [7, 11) is -2.50. The van der Waals surface area contributed by atoms with E-state index in [4.69, 9.17) is 16.3 Å². The van der Waals surface area contributed by atoms with Crippen LogP contribution in [0.5, 0.6) is 5.75 Å². The van der Waals surface area contributed by atoms with Crippen molar-refractivity contribution in [1.29, 1.82) is 0 Å². The summed E-state index contributed by atoms with van der Waals surface area (Å²) in [4.78, 5) is 22.3. The predicted octanol–water partition coefficient (Wildman–Crippen LogP) is 3.31. The second-order valence-electron chi connectivity index (χ2n) is 6.35. The lowest BCUT2D eigenvalue weighted by Gasteiger charge is -2.11. The normalized spacial score (nSPS) is 11.2. The maximum Gasteiger partial charge on any atom is 0.389 e. The van der Waals surface area contributed by atoms with Gasteiger partial charge in [-0.2, -0.15) is 4.68 Å². The lowest BCUT2D eigenvalue weighted by molar-refractivity contribution is -0.389. The van der Waals surface area contributed by atoms with Gasteiger partial charge < -0.3 is 20.2 Å². The summed E-state index contributed by atoms with van der Waals surface area (Å²) in [6.45, 7) is 0.111. The van der Waals surface area contributed by atoms with Crippen molar-refractivity contribution in [2.24, 2.45) is 0 Å². The molecule has 10 nitrogen and oxygen atoms in total. The van der Waals surface area contributed by atoms with Crippen LogP contribution in [0.2, 0.25) is 5.02 Å². The first-order valence-electron chi connectivity index (χ1n) is 8.86. The van der Waals surface area contributed by atoms with Gasteiger partial charge in [-0.05, 0) is 41.3 Å². The zero-order valence-electron chi connectivity index (χ0n) is 16.2. The van der Waals surface area contributed by atoms with Gasteiger partial charge in [0.05, 0.1) is 40.8 Å². The Balaban J connectivity index is 1.77. The Morgan fingerprint density at radius 1 is 1.19 bits per heavy atom. The fraction of sp³-hybridized carbons (Fsp3) is 0.158. The molecule has 0 atom stereocenters. The van der Waals surface area contributed by atoms with Gasteiger partial charge in [0.2, 0.25) is 15.7 Å². The van der Waals surface area contributed by atoms with Gasteiger partial charge >= 0.3 is 5.82 Å². The molecule has 0 radical (unpaired) electrons. The van der Waals surface area contributed by atoms with Crippen molar-refractivity contribution in [1.82, 2.24) is 9.78 Å². The van der Waals surface area contributed by atoms with E-state index in [0.717, 1.165) is 0 Å². The smallest absolute Gasteiger partial charge is 0.389 e. The first-order valence-corrected chi connectivity index (χ1v) is 10.7. The van der Waals surface area contributed by atoms with Gasteiger partial charge in [-0.15, -0.1) is 0 Å². The Hall–Kier alpha value is -3.44. The number of rotatable bonds is 8. The second kappa shape index (κ2) is 9.14. The van der Waals surface area contributed by atoms with Crippen LogP contribution in [0.15, 0.2) is 64.5 Å². The second-order valence-corrected chi connectivity index (χ2v) is 8.73. The molecule has 1 amide bonds. The van der Waals surface area contributed by atoms with Crippen molar-refractivity contribution in [2.75, 3.05) is 12.4 Å². The Labute approximate surface area is 182 Å². The molecule has 0 aliphatic rings. The van der Waals surface area contributed by atoms with Gasteiger partial charge in [0.1, 0.15) is 5.75 Å². The van der Waals surface area contributed by atoms with Crippen LogP contribution in [0.4, 0.5) is 11.5 Å². The standard InChI is InChI=1S/C19H17ClN4O6S/c1-30-15-10-14(21-19(25)7-9-23-8-6-18(22-23)24(26)27)11-17(12-15)31(28,29)16-4-2-13(20)3-5-16/h2-6,8,10-12H,7,9H2,1H3,(H,21,25). The average molecular weight is 465 g/mol. The number of halogens is 1. The van der Waals surface area contributed by atoms with E-state index in [0.29, 0.717) is 5.02 Å². The van der Waals surface area contributed by atoms with Crippen LogP contribution in [0, 0.1) is 10.1 Å². The van der Waals surface area contributed by atoms with Crippen molar-refractivity contribution >= 4 is 38.9 Å². The van der Waals surface area contributed by atoms with E-state index >= 15 is 0 Å². The first-order chi connectivity index (χ1) is 14.7. The van der Waals surface area contributed by atoms with Crippen molar-refractivity contribution in [2.45, 2.75) is 22.8 Å². The minimum Gasteiger partial charge on any atom is -0.497 e. The number of hydrogen-bond donors (Lipinski definition) is 1. The van der Waals surface area contributed by atoms with E-state index < -0.39 is 20.7 Å². The summed E-state index contributed by atoms with van der Waals surface area (Å²) in [6.07, 6.45) is 1.36. The molecule has 0 spiro atoms. The number of nitro groups is 1. The Kier molecular flexibility index (Phi) is 6.56. The number of benzene rings is 2. The summed E-state index contributed by atoms with van der Waals surface area (Å²) in [5, 5.41) is 17.4. The van der Waals surface area contributed by atoms with Crippen LogP contribution in [0.3, 0.4) is 0 Å². The number of sulfone groups is 1. The minimum absolute atomic E-state index is 0.0324. The van der Waals surface area contributed by atoms with Gasteiger partial charge in [-0.3, -0.25) is 4.79 Å². The number of amides is 1. The van der Waals surface area contributed by atoms with Crippen LogP contribution in [-0.2, 0) is 21.2 Å². The molecule has 0 bridgehead atoms. The fourth-order valence-electron chi connectivity index (χ4n) is 2.68. The monoisotopic (exact) mass is 464 g/mol. The number of nitrogens with one attached hydrogen (secondary N) is 1. The van der Waals surface area contributed by atoms with Crippen molar-refractivity contribution in [3.05, 3.63) is 69.9 Å². The Bertz CT molecular complexity index is 1220. The number of aromatic nitrogens is 2. The molecular weight excluding hydrogens is 448 g/mol. The lowest BCUT2D eigenvalue weighted by Crippen LogP contribution is -2.15. The summed E-state index contributed by atoms with van der Waals surface area (Å²) in [6, 6.07) is 11.1. The van der Waals surface area contributed by atoms with Crippen LogP contribution >= 0.6 is 11.6 Å². The third-order valence-corrected chi connectivity index (χ3v) is 6.22. The fourth-order valence-corrected chi connectivity index (χ4v) is 4.13. The molecule has 12 heteroatoms. The molecular formula is C19H17ClN4O6S. The highest BCUT2D eigenvalue weighted by molar-refractivity contribution is 7.91. The highest BCUT2D eigenvalue weighted by Crippen LogP contribution is 2.29. The van der Waals surface area contributed by atoms with Crippen LogP contribution < -0.4 is 10.1 Å². The first kappa shape index (κ1) is 22.2. The van der Waals surface area contributed by atoms with E-state index in [2.05, 4.69) is 10.4 Å². The summed E-state index contributed by atoms with van der Waals surface area (Å²) in [5.74, 6) is -0.500. The molecule has 1 aromatic heterocycles. The number of carbonyl (C=O) groups excluding carboxylic acids is 1. The highest BCUT2D eigenvalue weighted by Gasteiger charge is 2.20. The van der Waals surface area contributed by atoms with Gasteiger partial charge in [0.15, 0.2) is 0 Å². The summed E-state index contributed by atoms with van der Waals surface area (Å²) in [5.41, 5.74) is 0.225. The Morgan fingerprint density at radius 2 is 1.90 bits per heavy atom. The third-order valence-electron chi connectivity index (χ3n) is 4.22. The molecule has 0 fully saturated rings. The van der Waals surface area contributed by atoms with Gasteiger partial charge in [-0.1, -0.05) is 11.6 Å². The zero-order valence-corrected chi connectivity index (χ0v) is 17.8. The third kappa shape index (κ3) is 5.38.